The van der Waals surface area contributed by atoms with Gasteiger partial charge in [-0.25, -0.2) is 0 Å². The number of hydrogen-bond acceptors (Lipinski definition) is 5. The van der Waals surface area contributed by atoms with Crippen molar-refractivity contribution in [3.05, 3.63) is 88.5 Å². The van der Waals surface area contributed by atoms with Crippen LogP contribution in [0.2, 0.25) is 0 Å². The quantitative estimate of drug-likeness (QED) is 0.571. The van der Waals surface area contributed by atoms with Gasteiger partial charge in [-0.1, -0.05) is 54.6 Å². The number of piperidine rings is 1. The summed E-state index contributed by atoms with van der Waals surface area (Å²) in [5, 5.41) is 0. The van der Waals surface area contributed by atoms with Crippen molar-refractivity contribution in [3.63, 3.8) is 0 Å². The lowest BCUT2D eigenvalue weighted by Gasteiger charge is -2.31. The number of Topliss-reactive ketones (excluding diaryl/α,β-unsaturated/α-hetero) is 1. The summed E-state index contributed by atoms with van der Waals surface area (Å²) in [6, 6.07) is 19.5. The average Bonchev–Trinajstić information content (AvgIpc) is 2.80. The summed E-state index contributed by atoms with van der Waals surface area (Å²) in [6.45, 7) is 2.05. The van der Waals surface area contributed by atoms with E-state index in [-0.39, 0.29) is 22.9 Å². The van der Waals surface area contributed by atoms with E-state index in [0.29, 0.717) is 18.8 Å². The number of hydrogen-bond donors (Lipinski definition) is 0. The Balaban J connectivity index is 1.42. The Kier molecular flexibility index (Phi) is 6.10. The Labute approximate surface area is 175 Å². The van der Waals surface area contributed by atoms with Crippen molar-refractivity contribution < 1.29 is 13.9 Å². The first-order valence-electron chi connectivity index (χ1n) is 10.2. The molecule has 1 saturated heterocycles. The minimum atomic E-state index is -0.193. The second-order valence-electron chi connectivity index (χ2n) is 7.66. The zero-order chi connectivity index (χ0) is 20.9. The fourth-order valence-electron chi connectivity index (χ4n) is 4.00. The van der Waals surface area contributed by atoms with Gasteiger partial charge in [-0.2, -0.15) is 0 Å². The Hall–Kier alpha value is -3.18. The third-order valence-corrected chi connectivity index (χ3v) is 5.60. The Morgan fingerprint density at radius 3 is 2.53 bits per heavy atom. The first kappa shape index (κ1) is 20.1. The minimum Gasteiger partial charge on any atom is -0.490 e. The van der Waals surface area contributed by atoms with Gasteiger partial charge in [0.2, 0.25) is 11.2 Å². The second-order valence-corrected chi connectivity index (χ2v) is 7.66. The lowest BCUT2D eigenvalue weighted by atomic mass is 9.89. The third-order valence-electron chi connectivity index (χ3n) is 5.60. The molecular weight excluding hydrogens is 378 g/mol. The standard InChI is InChI=1S/C25H25NO4/c1-29-24-17-30-22(14-23(24)27)16-26-13-5-8-21(15-26)25(28)20-11-9-19(10-12-20)18-6-3-2-4-7-18/h2-4,6-7,9-12,14,17,21H,5,8,13,15-16H2,1H3/t21-/m1/s1. The molecule has 3 aromatic rings. The van der Waals surface area contributed by atoms with Gasteiger partial charge in [-0.3, -0.25) is 14.5 Å². The van der Waals surface area contributed by atoms with Crippen LogP contribution in [-0.4, -0.2) is 30.9 Å². The summed E-state index contributed by atoms with van der Waals surface area (Å²) in [7, 11) is 1.44. The third kappa shape index (κ3) is 4.52. The number of carbonyl (C=O) groups excluding carboxylic acids is 1. The molecule has 0 unspecified atom stereocenters. The number of nitrogens with zero attached hydrogens (tertiary/aromatic N) is 1. The smallest absolute Gasteiger partial charge is 0.227 e. The minimum absolute atomic E-state index is 0.0497. The van der Waals surface area contributed by atoms with Crippen molar-refractivity contribution in [2.24, 2.45) is 5.92 Å². The van der Waals surface area contributed by atoms with Gasteiger partial charge in [0, 0.05) is 24.1 Å². The number of rotatable bonds is 6. The molecule has 2 heterocycles. The molecule has 2 aromatic carbocycles. The molecule has 0 saturated carbocycles. The van der Waals surface area contributed by atoms with E-state index in [1.807, 2.05) is 42.5 Å². The molecule has 5 heteroatoms. The monoisotopic (exact) mass is 403 g/mol. The highest BCUT2D eigenvalue weighted by atomic mass is 16.5. The van der Waals surface area contributed by atoms with Gasteiger partial charge >= 0.3 is 0 Å². The molecule has 4 rings (SSSR count). The molecular formula is C25H25NO4. The van der Waals surface area contributed by atoms with Gasteiger partial charge in [0.05, 0.1) is 13.7 Å². The molecule has 154 valence electrons. The molecule has 1 aliphatic heterocycles. The number of methoxy groups -OCH3 is 1. The lowest BCUT2D eigenvalue weighted by molar-refractivity contribution is 0.0801. The van der Waals surface area contributed by atoms with Crippen LogP contribution in [0.4, 0.5) is 0 Å². The lowest BCUT2D eigenvalue weighted by Crippen LogP contribution is -2.38. The van der Waals surface area contributed by atoms with Crippen molar-refractivity contribution >= 4 is 5.78 Å². The summed E-state index contributed by atoms with van der Waals surface area (Å²) in [4.78, 5) is 27.2. The zero-order valence-corrected chi connectivity index (χ0v) is 17.0. The van der Waals surface area contributed by atoms with Crippen molar-refractivity contribution in [2.75, 3.05) is 20.2 Å². The number of carbonyl (C=O) groups is 1. The number of likely N-dealkylation sites (tertiary alicyclic amines) is 1. The Morgan fingerprint density at radius 1 is 1.10 bits per heavy atom. The molecule has 0 radical (unpaired) electrons. The maximum atomic E-state index is 13.1. The van der Waals surface area contributed by atoms with E-state index in [1.54, 1.807) is 0 Å². The van der Waals surface area contributed by atoms with Crippen molar-refractivity contribution in [1.82, 2.24) is 4.90 Å². The SMILES string of the molecule is COc1coc(CN2CCC[C@@H](C(=O)c3ccc(-c4ccccc4)cc3)C2)cc1=O. The molecule has 1 aromatic heterocycles. The predicted molar refractivity (Wildman–Crippen MR) is 116 cm³/mol. The molecule has 30 heavy (non-hydrogen) atoms. The molecule has 0 N–H and O–H groups in total. The Morgan fingerprint density at radius 2 is 1.83 bits per heavy atom. The van der Waals surface area contributed by atoms with E-state index >= 15 is 0 Å². The van der Waals surface area contributed by atoms with Crippen LogP contribution in [0.1, 0.15) is 29.0 Å². The average molecular weight is 403 g/mol. The molecule has 1 atom stereocenters. The van der Waals surface area contributed by atoms with Gasteiger partial charge in [-0.15, -0.1) is 0 Å². The Bertz CT molecular complexity index is 1060. The molecule has 1 fully saturated rings. The maximum Gasteiger partial charge on any atom is 0.227 e. The molecule has 0 aliphatic carbocycles. The zero-order valence-electron chi connectivity index (χ0n) is 17.0. The van der Waals surface area contributed by atoms with Crippen LogP contribution in [0.15, 0.2) is 76.1 Å². The van der Waals surface area contributed by atoms with Gasteiger partial charge in [-0.05, 0) is 30.5 Å². The summed E-state index contributed by atoms with van der Waals surface area (Å²) < 4.78 is 10.5. The fourth-order valence-corrected chi connectivity index (χ4v) is 4.00. The van der Waals surface area contributed by atoms with E-state index in [1.165, 1.54) is 19.4 Å². The normalized spacial score (nSPS) is 16.9. The molecule has 0 amide bonds. The van der Waals surface area contributed by atoms with Crippen LogP contribution >= 0.6 is 0 Å². The summed E-state index contributed by atoms with van der Waals surface area (Å²) in [6.07, 6.45) is 3.17. The molecule has 5 nitrogen and oxygen atoms in total. The summed E-state index contributed by atoms with van der Waals surface area (Å²) in [5.41, 5.74) is 2.80. The van der Waals surface area contributed by atoms with E-state index < -0.39 is 0 Å². The van der Waals surface area contributed by atoms with E-state index in [2.05, 4.69) is 17.0 Å². The first-order valence-corrected chi connectivity index (χ1v) is 10.2. The topological polar surface area (TPSA) is 59.8 Å². The second kappa shape index (κ2) is 9.09. The van der Waals surface area contributed by atoms with E-state index in [9.17, 15) is 9.59 Å². The van der Waals surface area contributed by atoms with Crippen molar-refractivity contribution in [2.45, 2.75) is 19.4 Å². The first-order chi connectivity index (χ1) is 14.6. The van der Waals surface area contributed by atoms with E-state index in [4.69, 9.17) is 9.15 Å². The van der Waals surface area contributed by atoms with Crippen LogP contribution < -0.4 is 10.2 Å². The van der Waals surface area contributed by atoms with Crippen LogP contribution in [0.25, 0.3) is 11.1 Å². The van der Waals surface area contributed by atoms with Gasteiger partial charge in [0.15, 0.2) is 5.78 Å². The molecule has 0 bridgehead atoms. The number of benzene rings is 2. The number of ketones is 1. The van der Waals surface area contributed by atoms with Crippen LogP contribution in [-0.2, 0) is 6.54 Å². The van der Waals surface area contributed by atoms with Gasteiger partial charge in [0.1, 0.15) is 12.0 Å². The maximum absolute atomic E-state index is 13.1. The van der Waals surface area contributed by atoms with Gasteiger partial charge < -0.3 is 9.15 Å². The van der Waals surface area contributed by atoms with Crippen molar-refractivity contribution in [1.29, 1.82) is 0 Å². The highest BCUT2D eigenvalue weighted by Gasteiger charge is 2.27. The summed E-state index contributed by atoms with van der Waals surface area (Å²) in [5.74, 6) is 0.910. The van der Waals surface area contributed by atoms with Crippen molar-refractivity contribution in [3.8, 4) is 16.9 Å². The molecule has 0 spiro atoms. The fraction of sp³-hybridized carbons (Fsp3) is 0.280. The number of ether oxygens (including phenoxy) is 1. The van der Waals surface area contributed by atoms with E-state index in [0.717, 1.165) is 36.1 Å². The van der Waals surface area contributed by atoms with Gasteiger partial charge in [0.25, 0.3) is 0 Å². The van der Waals surface area contributed by atoms with Crippen LogP contribution in [0.3, 0.4) is 0 Å². The largest absolute Gasteiger partial charge is 0.490 e. The highest BCUT2D eigenvalue weighted by molar-refractivity contribution is 5.98. The van der Waals surface area contributed by atoms with Crippen LogP contribution in [0.5, 0.6) is 5.75 Å². The summed E-state index contributed by atoms with van der Waals surface area (Å²) >= 11 is 0. The highest BCUT2D eigenvalue weighted by Crippen LogP contribution is 2.25. The van der Waals surface area contributed by atoms with Crippen LogP contribution in [0, 0.1) is 5.92 Å². The predicted octanol–water partition coefficient (Wildman–Crippen LogP) is 4.41. The molecule has 1 aliphatic rings.